The third-order valence-electron chi connectivity index (χ3n) is 3.77. The van der Waals surface area contributed by atoms with E-state index in [-0.39, 0.29) is 17.6 Å². The summed E-state index contributed by atoms with van der Waals surface area (Å²) in [5.41, 5.74) is 6.35. The van der Waals surface area contributed by atoms with E-state index in [4.69, 9.17) is 0 Å². The lowest BCUT2D eigenvalue weighted by atomic mass is 9.84. The fourth-order valence-electron chi connectivity index (χ4n) is 2.09. The Morgan fingerprint density at radius 2 is 1.58 bits per heavy atom. The number of hydrogen-bond acceptors (Lipinski definition) is 3. The second-order valence-corrected chi connectivity index (χ2v) is 7.14. The highest BCUT2D eigenvalue weighted by molar-refractivity contribution is 8.00. The van der Waals surface area contributed by atoms with Gasteiger partial charge in [0, 0.05) is 4.90 Å². The van der Waals surface area contributed by atoms with Crippen LogP contribution >= 0.6 is 11.8 Å². The number of amides is 2. The Bertz CT molecular complexity index is 697. The molecular formula is C19H22N2O2S. The summed E-state index contributed by atoms with van der Waals surface area (Å²) >= 11 is 1.43. The lowest BCUT2D eigenvalue weighted by molar-refractivity contribution is -0.130. The highest BCUT2D eigenvalue weighted by Crippen LogP contribution is 2.22. The SMILES string of the molecule is Cc1ccc(SCC(=O)NNC(=O)C(C)(C)c2ccccc2)cc1. The van der Waals surface area contributed by atoms with Crippen LogP contribution in [0.5, 0.6) is 0 Å². The third-order valence-corrected chi connectivity index (χ3v) is 4.78. The molecule has 0 aliphatic rings. The molecule has 0 unspecified atom stereocenters. The molecule has 0 fully saturated rings. The van der Waals surface area contributed by atoms with Gasteiger partial charge in [0.2, 0.25) is 11.8 Å². The summed E-state index contributed by atoms with van der Waals surface area (Å²) in [4.78, 5) is 25.3. The smallest absolute Gasteiger partial charge is 0.248 e. The zero-order chi connectivity index (χ0) is 17.6. The minimum absolute atomic E-state index is 0.238. The normalized spacial score (nSPS) is 11.0. The molecule has 0 bridgehead atoms. The first-order valence-electron chi connectivity index (χ1n) is 7.74. The van der Waals surface area contributed by atoms with Crippen molar-refractivity contribution in [2.45, 2.75) is 31.1 Å². The van der Waals surface area contributed by atoms with Crippen molar-refractivity contribution in [3.63, 3.8) is 0 Å². The van der Waals surface area contributed by atoms with E-state index in [1.54, 1.807) is 0 Å². The molecule has 2 aromatic carbocycles. The van der Waals surface area contributed by atoms with Crippen LogP contribution in [0.25, 0.3) is 0 Å². The van der Waals surface area contributed by atoms with E-state index in [9.17, 15) is 9.59 Å². The number of aryl methyl sites for hydroxylation is 1. The van der Waals surface area contributed by atoms with Crippen molar-refractivity contribution in [2.75, 3.05) is 5.75 Å². The second kappa shape index (κ2) is 8.02. The number of rotatable bonds is 5. The van der Waals surface area contributed by atoms with Crippen molar-refractivity contribution in [3.8, 4) is 0 Å². The van der Waals surface area contributed by atoms with Crippen molar-refractivity contribution < 1.29 is 9.59 Å². The Labute approximate surface area is 147 Å². The van der Waals surface area contributed by atoms with Crippen LogP contribution in [0.1, 0.15) is 25.0 Å². The van der Waals surface area contributed by atoms with Gasteiger partial charge in [-0.15, -0.1) is 11.8 Å². The summed E-state index contributed by atoms with van der Waals surface area (Å²) in [6.07, 6.45) is 0. The largest absolute Gasteiger partial charge is 0.272 e. The van der Waals surface area contributed by atoms with Crippen LogP contribution in [-0.2, 0) is 15.0 Å². The van der Waals surface area contributed by atoms with Gasteiger partial charge in [0.15, 0.2) is 0 Å². The predicted octanol–water partition coefficient (Wildman–Crippen LogP) is 3.21. The molecule has 0 heterocycles. The van der Waals surface area contributed by atoms with Crippen LogP contribution in [0.4, 0.5) is 0 Å². The van der Waals surface area contributed by atoms with Crippen LogP contribution in [-0.4, -0.2) is 17.6 Å². The quantitative estimate of drug-likeness (QED) is 0.648. The molecule has 2 aromatic rings. The van der Waals surface area contributed by atoms with Crippen LogP contribution < -0.4 is 10.9 Å². The number of thioether (sulfide) groups is 1. The van der Waals surface area contributed by atoms with Gasteiger partial charge in [0.25, 0.3) is 0 Å². The maximum absolute atomic E-state index is 12.3. The standard InChI is InChI=1S/C19H22N2O2S/c1-14-9-11-16(12-10-14)24-13-17(22)20-21-18(23)19(2,3)15-7-5-4-6-8-15/h4-12H,13H2,1-3H3,(H,20,22)(H,21,23). The first-order chi connectivity index (χ1) is 11.4. The van der Waals surface area contributed by atoms with Crippen molar-refractivity contribution in [1.29, 1.82) is 0 Å². The van der Waals surface area contributed by atoms with Gasteiger partial charge in [-0.05, 0) is 38.5 Å². The molecule has 0 aromatic heterocycles. The molecule has 0 radical (unpaired) electrons. The van der Waals surface area contributed by atoms with E-state index in [0.717, 1.165) is 10.5 Å². The number of carbonyl (C=O) groups is 2. The van der Waals surface area contributed by atoms with E-state index in [0.29, 0.717) is 0 Å². The lowest BCUT2D eigenvalue weighted by Gasteiger charge is -2.24. The van der Waals surface area contributed by atoms with Gasteiger partial charge in [-0.25, -0.2) is 0 Å². The molecule has 0 aliphatic heterocycles. The van der Waals surface area contributed by atoms with Gasteiger partial charge >= 0.3 is 0 Å². The van der Waals surface area contributed by atoms with Crippen molar-refractivity contribution >= 4 is 23.6 Å². The number of benzene rings is 2. The molecule has 0 saturated heterocycles. The molecule has 2 rings (SSSR count). The molecular weight excluding hydrogens is 320 g/mol. The average Bonchev–Trinajstić information content (AvgIpc) is 2.59. The molecule has 5 heteroatoms. The summed E-state index contributed by atoms with van der Waals surface area (Å²) in [7, 11) is 0. The lowest BCUT2D eigenvalue weighted by Crippen LogP contribution is -2.49. The fraction of sp³-hybridized carbons (Fsp3) is 0.263. The van der Waals surface area contributed by atoms with E-state index in [2.05, 4.69) is 10.9 Å². The number of carbonyl (C=O) groups excluding carboxylic acids is 2. The van der Waals surface area contributed by atoms with Crippen LogP contribution in [0.2, 0.25) is 0 Å². The molecule has 4 nitrogen and oxygen atoms in total. The minimum Gasteiger partial charge on any atom is -0.272 e. The van der Waals surface area contributed by atoms with Gasteiger partial charge in [0.05, 0.1) is 11.2 Å². The fourth-order valence-corrected chi connectivity index (χ4v) is 2.79. The summed E-state index contributed by atoms with van der Waals surface area (Å²) in [6.45, 7) is 5.67. The molecule has 2 N–H and O–H groups in total. The third kappa shape index (κ3) is 4.86. The monoisotopic (exact) mass is 342 g/mol. The molecule has 0 atom stereocenters. The van der Waals surface area contributed by atoms with Crippen molar-refractivity contribution in [3.05, 3.63) is 65.7 Å². The van der Waals surface area contributed by atoms with Crippen LogP contribution in [0.3, 0.4) is 0 Å². The van der Waals surface area contributed by atoms with Gasteiger partial charge in [-0.3, -0.25) is 20.4 Å². The number of hydrogen-bond donors (Lipinski definition) is 2. The van der Waals surface area contributed by atoms with Crippen molar-refractivity contribution in [2.24, 2.45) is 0 Å². The van der Waals surface area contributed by atoms with Gasteiger partial charge in [-0.2, -0.15) is 0 Å². The molecule has 2 amide bonds. The highest BCUT2D eigenvalue weighted by Gasteiger charge is 2.29. The van der Waals surface area contributed by atoms with Crippen molar-refractivity contribution in [1.82, 2.24) is 10.9 Å². The van der Waals surface area contributed by atoms with Gasteiger partial charge in [-0.1, -0.05) is 48.0 Å². The zero-order valence-corrected chi connectivity index (χ0v) is 14.9. The average molecular weight is 342 g/mol. The molecule has 126 valence electrons. The van der Waals surface area contributed by atoms with E-state index >= 15 is 0 Å². The Kier molecular flexibility index (Phi) is 6.04. The van der Waals surface area contributed by atoms with E-state index in [1.807, 2.05) is 75.4 Å². The summed E-state index contributed by atoms with van der Waals surface area (Å²) < 4.78 is 0. The topological polar surface area (TPSA) is 58.2 Å². The molecule has 24 heavy (non-hydrogen) atoms. The molecule has 0 aliphatic carbocycles. The summed E-state index contributed by atoms with van der Waals surface area (Å²) in [6, 6.07) is 17.4. The maximum Gasteiger partial charge on any atom is 0.248 e. The second-order valence-electron chi connectivity index (χ2n) is 6.10. The first kappa shape index (κ1) is 18.1. The van der Waals surface area contributed by atoms with Gasteiger partial charge in [0.1, 0.15) is 0 Å². The van der Waals surface area contributed by atoms with Crippen LogP contribution in [0, 0.1) is 6.92 Å². The van der Waals surface area contributed by atoms with E-state index < -0.39 is 5.41 Å². The van der Waals surface area contributed by atoms with Gasteiger partial charge < -0.3 is 0 Å². The maximum atomic E-state index is 12.3. The molecule has 0 saturated carbocycles. The number of hydrazine groups is 1. The summed E-state index contributed by atoms with van der Waals surface area (Å²) in [5, 5.41) is 0. The Morgan fingerprint density at radius 3 is 2.21 bits per heavy atom. The van der Waals surface area contributed by atoms with E-state index in [1.165, 1.54) is 17.3 Å². The first-order valence-corrected chi connectivity index (χ1v) is 8.72. The molecule has 0 spiro atoms. The predicted molar refractivity (Wildman–Crippen MR) is 97.7 cm³/mol. The Morgan fingerprint density at radius 1 is 0.958 bits per heavy atom. The highest BCUT2D eigenvalue weighted by atomic mass is 32.2. The minimum atomic E-state index is -0.724. The Hall–Kier alpha value is -2.27. The Balaban J connectivity index is 1.82. The number of nitrogens with one attached hydrogen (secondary N) is 2. The zero-order valence-electron chi connectivity index (χ0n) is 14.1. The summed E-state index contributed by atoms with van der Waals surface area (Å²) in [5.74, 6) is -0.241. The van der Waals surface area contributed by atoms with Crippen LogP contribution in [0.15, 0.2) is 59.5 Å².